The van der Waals surface area contributed by atoms with Crippen LogP contribution in [0.1, 0.15) is 40.4 Å². The van der Waals surface area contributed by atoms with Crippen LogP contribution in [0.5, 0.6) is 0 Å². The van der Waals surface area contributed by atoms with Gasteiger partial charge in [-0.2, -0.15) is 5.10 Å². The van der Waals surface area contributed by atoms with Gasteiger partial charge in [-0.3, -0.25) is 9.48 Å². The summed E-state index contributed by atoms with van der Waals surface area (Å²) in [5, 5.41) is 9.43. The number of nitrogens with zero attached hydrogens (tertiary/aromatic N) is 2. The Balaban J connectivity index is 1.42. The van der Waals surface area contributed by atoms with Crippen molar-refractivity contribution >= 4 is 28.3 Å². The summed E-state index contributed by atoms with van der Waals surface area (Å²) in [6, 6.07) is 23.4. The fourth-order valence-electron chi connectivity index (χ4n) is 4.45. The number of aromatic nitrogens is 3. The Labute approximate surface area is 209 Å². The average molecular weight is 483 g/mol. The quantitative estimate of drug-likeness (QED) is 0.247. The summed E-state index contributed by atoms with van der Waals surface area (Å²) in [6.45, 7) is 2.80. The van der Waals surface area contributed by atoms with E-state index in [0.29, 0.717) is 12.1 Å². The maximum absolute atomic E-state index is 13.9. The fourth-order valence-corrected chi connectivity index (χ4v) is 4.57. The molecule has 0 bridgehead atoms. The van der Waals surface area contributed by atoms with E-state index in [4.69, 9.17) is 11.6 Å². The number of hydrogen-bond acceptors (Lipinski definition) is 3. The Morgan fingerprint density at radius 1 is 1.03 bits per heavy atom. The molecular weight excluding hydrogens is 456 g/mol. The van der Waals surface area contributed by atoms with Gasteiger partial charge < -0.3 is 10.3 Å². The van der Waals surface area contributed by atoms with Gasteiger partial charge in [0.15, 0.2) is 5.78 Å². The van der Waals surface area contributed by atoms with E-state index in [1.54, 1.807) is 4.68 Å². The molecule has 0 saturated heterocycles. The van der Waals surface area contributed by atoms with Crippen LogP contribution >= 0.6 is 11.6 Å². The van der Waals surface area contributed by atoms with Gasteiger partial charge in [0.1, 0.15) is 0 Å². The molecule has 0 spiro atoms. The first-order valence-electron chi connectivity index (χ1n) is 11.7. The number of Topliss-reactive ketones (excluding diaryl/α,β-unsaturated/α-hetero) is 1. The van der Waals surface area contributed by atoms with Gasteiger partial charge >= 0.3 is 0 Å². The molecule has 2 heterocycles. The predicted octanol–water partition coefficient (Wildman–Crippen LogP) is 6.54. The highest BCUT2D eigenvalue weighted by Crippen LogP contribution is 2.29. The average Bonchev–Trinajstić information content (AvgIpc) is 3.51. The molecule has 0 fully saturated rings. The molecule has 176 valence electrons. The van der Waals surface area contributed by atoms with E-state index < -0.39 is 6.04 Å². The second-order valence-corrected chi connectivity index (χ2v) is 9.37. The van der Waals surface area contributed by atoms with Gasteiger partial charge in [-0.1, -0.05) is 73.1 Å². The second-order valence-electron chi connectivity index (χ2n) is 8.93. The zero-order valence-corrected chi connectivity index (χ0v) is 20.5. The lowest BCUT2D eigenvalue weighted by atomic mass is 9.95. The number of rotatable bonds is 8. The standard InChI is InChI=1S/C29H27ClN4O/c1-19(20-8-11-24(30)12-9-20)15-32-28(21-6-4-3-5-7-21)29(35)26-17-31-27-14-22(10-13-25(26)27)23-16-33-34(2)18-23/h3-14,16-19,28,31-32H,15H2,1-2H3/t19-,28-/m1/s1. The summed E-state index contributed by atoms with van der Waals surface area (Å²) in [5.41, 5.74) is 5.82. The molecule has 0 saturated carbocycles. The third-order valence-electron chi connectivity index (χ3n) is 6.45. The van der Waals surface area contributed by atoms with Crippen LogP contribution in [0.25, 0.3) is 22.0 Å². The van der Waals surface area contributed by atoms with Crippen LogP contribution in [0.2, 0.25) is 5.02 Å². The Bertz CT molecular complexity index is 1450. The Kier molecular flexibility index (Phi) is 6.53. The Morgan fingerprint density at radius 3 is 2.51 bits per heavy atom. The molecule has 0 amide bonds. The van der Waals surface area contributed by atoms with Crippen LogP contribution in [-0.4, -0.2) is 27.1 Å². The molecule has 0 radical (unpaired) electrons. The normalized spacial score (nSPS) is 13.1. The van der Waals surface area contributed by atoms with E-state index in [0.717, 1.165) is 32.6 Å². The summed E-state index contributed by atoms with van der Waals surface area (Å²) in [7, 11) is 1.90. The van der Waals surface area contributed by atoms with Crippen molar-refractivity contribution in [2.24, 2.45) is 7.05 Å². The number of aromatic amines is 1. The minimum atomic E-state index is -0.456. The van der Waals surface area contributed by atoms with Gasteiger partial charge in [-0.15, -0.1) is 0 Å². The SMILES string of the molecule is C[C@H](CN[C@@H](C(=O)c1c[nH]c2cc(-c3cnn(C)c3)ccc12)c1ccccc1)c1ccc(Cl)cc1. The van der Waals surface area contributed by atoms with Crippen molar-refractivity contribution in [2.75, 3.05) is 6.54 Å². The first kappa shape index (κ1) is 23.1. The highest BCUT2D eigenvalue weighted by atomic mass is 35.5. The van der Waals surface area contributed by atoms with E-state index in [-0.39, 0.29) is 11.7 Å². The number of H-pyrrole nitrogens is 1. The van der Waals surface area contributed by atoms with Crippen molar-refractivity contribution in [1.29, 1.82) is 0 Å². The molecule has 2 atom stereocenters. The first-order valence-corrected chi connectivity index (χ1v) is 12.1. The molecule has 0 aliphatic carbocycles. The highest BCUT2D eigenvalue weighted by molar-refractivity contribution is 6.30. The van der Waals surface area contributed by atoms with Gasteiger partial charge in [0.2, 0.25) is 0 Å². The third kappa shape index (κ3) is 4.92. The third-order valence-corrected chi connectivity index (χ3v) is 6.70. The number of carbonyl (C=O) groups excluding carboxylic acids is 1. The minimum Gasteiger partial charge on any atom is -0.360 e. The molecule has 5 rings (SSSR count). The molecule has 2 N–H and O–H groups in total. The molecule has 0 unspecified atom stereocenters. The lowest BCUT2D eigenvalue weighted by molar-refractivity contribution is 0.0944. The molecule has 0 aliphatic rings. The molecule has 2 aromatic heterocycles. The molecule has 5 aromatic rings. The number of ketones is 1. The smallest absolute Gasteiger partial charge is 0.186 e. The largest absolute Gasteiger partial charge is 0.360 e. The van der Waals surface area contributed by atoms with Gasteiger partial charge in [0.25, 0.3) is 0 Å². The van der Waals surface area contributed by atoms with Crippen molar-refractivity contribution in [3.63, 3.8) is 0 Å². The predicted molar refractivity (Wildman–Crippen MR) is 142 cm³/mol. The summed E-state index contributed by atoms with van der Waals surface area (Å²) in [4.78, 5) is 17.2. The maximum Gasteiger partial charge on any atom is 0.186 e. The van der Waals surface area contributed by atoms with Crippen molar-refractivity contribution < 1.29 is 4.79 Å². The summed E-state index contributed by atoms with van der Waals surface area (Å²) in [5.74, 6) is 0.260. The second kappa shape index (κ2) is 9.90. The fraction of sp³-hybridized carbons (Fsp3) is 0.172. The molecule has 5 nitrogen and oxygen atoms in total. The van der Waals surface area contributed by atoms with Crippen LogP contribution < -0.4 is 5.32 Å². The van der Waals surface area contributed by atoms with E-state index in [1.807, 2.05) is 92.4 Å². The Hall–Kier alpha value is -3.67. The zero-order valence-electron chi connectivity index (χ0n) is 19.7. The van der Waals surface area contributed by atoms with E-state index in [9.17, 15) is 4.79 Å². The number of nitrogens with one attached hydrogen (secondary N) is 2. The van der Waals surface area contributed by atoms with Crippen LogP contribution in [0.4, 0.5) is 0 Å². The van der Waals surface area contributed by atoms with Crippen LogP contribution in [-0.2, 0) is 7.05 Å². The number of fused-ring (bicyclic) bond motifs is 1. The number of halogens is 1. The highest BCUT2D eigenvalue weighted by Gasteiger charge is 2.25. The van der Waals surface area contributed by atoms with E-state index in [1.165, 1.54) is 5.56 Å². The molecular formula is C29H27ClN4O. The molecule has 35 heavy (non-hydrogen) atoms. The van der Waals surface area contributed by atoms with Gasteiger partial charge in [0, 0.05) is 53.0 Å². The lowest BCUT2D eigenvalue weighted by Crippen LogP contribution is -2.31. The summed E-state index contributed by atoms with van der Waals surface area (Å²) < 4.78 is 1.78. The van der Waals surface area contributed by atoms with Crippen molar-refractivity contribution in [2.45, 2.75) is 18.9 Å². The topological polar surface area (TPSA) is 62.7 Å². The maximum atomic E-state index is 13.9. The number of aryl methyl sites for hydroxylation is 1. The lowest BCUT2D eigenvalue weighted by Gasteiger charge is -2.21. The van der Waals surface area contributed by atoms with Crippen LogP contribution in [0, 0.1) is 0 Å². The van der Waals surface area contributed by atoms with Crippen molar-refractivity contribution in [3.8, 4) is 11.1 Å². The Morgan fingerprint density at radius 2 is 1.80 bits per heavy atom. The van der Waals surface area contributed by atoms with Crippen molar-refractivity contribution in [3.05, 3.63) is 113 Å². The van der Waals surface area contributed by atoms with Gasteiger partial charge in [0.05, 0.1) is 12.2 Å². The molecule has 3 aromatic carbocycles. The van der Waals surface area contributed by atoms with Crippen LogP contribution in [0.15, 0.2) is 91.4 Å². The van der Waals surface area contributed by atoms with E-state index in [2.05, 4.69) is 28.4 Å². The monoisotopic (exact) mass is 482 g/mol. The van der Waals surface area contributed by atoms with Gasteiger partial charge in [-0.05, 0) is 40.8 Å². The molecule has 0 aliphatic heterocycles. The molecule has 6 heteroatoms. The number of benzene rings is 3. The summed E-state index contributed by atoms with van der Waals surface area (Å²) in [6.07, 6.45) is 5.64. The number of hydrogen-bond donors (Lipinski definition) is 2. The summed E-state index contributed by atoms with van der Waals surface area (Å²) >= 11 is 6.05. The number of carbonyl (C=O) groups is 1. The van der Waals surface area contributed by atoms with Gasteiger partial charge in [-0.25, -0.2) is 0 Å². The van der Waals surface area contributed by atoms with Crippen molar-refractivity contribution in [1.82, 2.24) is 20.1 Å². The zero-order chi connectivity index (χ0) is 24.4. The van der Waals surface area contributed by atoms with E-state index >= 15 is 0 Å². The first-order chi connectivity index (χ1) is 17.0. The van der Waals surface area contributed by atoms with Crippen LogP contribution in [0.3, 0.4) is 0 Å². The minimum absolute atomic E-state index is 0.0416.